The molecule has 0 aromatic heterocycles. The number of allylic oxidation sites excluding steroid dienone is 1. The Morgan fingerprint density at radius 3 is 2.64 bits per heavy atom. The first kappa shape index (κ1) is 17.7. The normalized spacial score (nSPS) is 53.5. The van der Waals surface area contributed by atoms with Crippen molar-refractivity contribution >= 4 is 5.78 Å². The highest BCUT2D eigenvalue weighted by molar-refractivity contribution is 5.85. The van der Waals surface area contributed by atoms with E-state index in [0.717, 1.165) is 25.7 Å². The van der Waals surface area contributed by atoms with E-state index in [9.17, 15) is 20.1 Å². The SMILES string of the molecule is C[C@H](O)[C@@]1(O)CC[C@H]2[C@@H]3CC=C4C[C@@H](O)CC[C@]4(C)[C@H]3C(=O)C[C@@]21C. The average Bonchev–Trinajstić information content (AvgIpc) is 2.80. The minimum Gasteiger partial charge on any atom is -0.393 e. The van der Waals surface area contributed by atoms with Gasteiger partial charge in [-0.2, -0.15) is 0 Å². The number of rotatable bonds is 1. The number of aliphatic hydroxyl groups is 3. The molecular weight excluding hydrogens is 316 g/mol. The maximum atomic E-state index is 13.3. The molecule has 25 heavy (non-hydrogen) atoms. The second-order valence-corrected chi connectivity index (χ2v) is 9.73. The van der Waals surface area contributed by atoms with Crippen molar-refractivity contribution in [2.24, 2.45) is 28.6 Å². The number of ketones is 1. The van der Waals surface area contributed by atoms with E-state index in [2.05, 4.69) is 13.0 Å². The Kier molecular flexibility index (Phi) is 3.82. The number of carbonyl (C=O) groups excluding carboxylic acids is 1. The molecule has 0 radical (unpaired) electrons. The quantitative estimate of drug-likeness (QED) is 0.637. The van der Waals surface area contributed by atoms with Crippen LogP contribution in [0.4, 0.5) is 0 Å². The Morgan fingerprint density at radius 2 is 1.96 bits per heavy atom. The summed E-state index contributed by atoms with van der Waals surface area (Å²) in [6.45, 7) is 5.91. The summed E-state index contributed by atoms with van der Waals surface area (Å²) in [6.07, 6.45) is 6.22. The molecule has 0 bridgehead atoms. The van der Waals surface area contributed by atoms with Crippen LogP contribution < -0.4 is 0 Å². The first-order valence-corrected chi connectivity index (χ1v) is 9.94. The molecule has 4 nitrogen and oxygen atoms in total. The van der Waals surface area contributed by atoms with Crippen molar-refractivity contribution in [1.82, 2.24) is 0 Å². The fraction of sp³-hybridized carbons (Fsp3) is 0.857. The number of hydrogen-bond acceptors (Lipinski definition) is 4. The van der Waals surface area contributed by atoms with Crippen LogP contribution >= 0.6 is 0 Å². The van der Waals surface area contributed by atoms with Crippen molar-refractivity contribution in [1.29, 1.82) is 0 Å². The molecule has 140 valence electrons. The molecule has 4 rings (SSSR count). The Bertz CT molecular complexity index is 625. The fourth-order valence-electron chi connectivity index (χ4n) is 7.19. The predicted molar refractivity (Wildman–Crippen MR) is 94.7 cm³/mol. The van der Waals surface area contributed by atoms with E-state index in [-0.39, 0.29) is 35.1 Å². The molecular formula is C21H32O4. The van der Waals surface area contributed by atoms with Gasteiger partial charge in [-0.25, -0.2) is 0 Å². The molecule has 0 aliphatic heterocycles. The second kappa shape index (κ2) is 5.40. The highest BCUT2D eigenvalue weighted by atomic mass is 16.3. The third-order valence-electron chi connectivity index (χ3n) is 8.68. The van der Waals surface area contributed by atoms with Crippen molar-refractivity contribution < 1.29 is 20.1 Å². The van der Waals surface area contributed by atoms with Crippen molar-refractivity contribution in [3.63, 3.8) is 0 Å². The van der Waals surface area contributed by atoms with Crippen molar-refractivity contribution in [2.45, 2.75) is 83.5 Å². The Labute approximate surface area is 150 Å². The average molecular weight is 348 g/mol. The molecule has 4 aliphatic rings. The number of carbonyl (C=O) groups is 1. The van der Waals surface area contributed by atoms with Gasteiger partial charge in [-0.1, -0.05) is 25.5 Å². The van der Waals surface area contributed by atoms with E-state index < -0.39 is 17.1 Å². The van der Waals surface area contributed by atoms with Crippen LogP contribution in [0.1, 0.15) is 65.7 Å². The van der Waals surface area contributed by atoms with E-state index in [4.69, 9.17) is 0 Å². The molecule has 0 aromatic carbocycles. The zero-order chi connectivity index (χ0) is 18.2. The van der Waals surface area contributed by atoms with E-state index in [1.165, 1.54) is 5.57 Å². The molecule has 8 atom stereocenters. The molecule has 3 N–H and O–H groups in total. The van der Waals surface area contributed by atoms with E-state index in [0.29, 0.717) is 19.3 Å². The highest BCUT2D eigenvalue weighted by Crippen LogP contribution is 2.66. The molecule has 0 spiro atoms. The van der Waals surface area contributed by atoms with Crippen LogP contribution in [-0.2, 0) is 4.79 Å². The van der Waals surface area contributed by atoms with E-state index in [1.807, 2.05) is 6.92 Å². The van der Waals surface area contributed by atoms with Gasteiger partial charge in [-0.3, -0.25) is 4.79 Å². The van der Waals surface area contributed by atoms with Gasteiger partial charge in [-0.15, -0.1) is 0 Å². The number of aliphatic hydroxyl groups excluding tert-OH is 2. The zero-order valence-corrected chi connectivity index (χ0v) is 15.7. The minimum absolute atomic E-state index is 0.00873. The standard InChI is InChI=1S/C21H32O4/c1-12(22)21(25)9-7-16-15-5-4-13-10-14(23)6-8-19(13,2)18(15)17(24)11-20(16,21)3/h4,12,14-16,18,22-23,25H,5-11H2,1-3H3/t12-,14-,15-,16-,18+,19-,20-,21-/m0/s1. The lowest BCUT2D eigenvalue weighted by atomic mass is 9.46. The lowest BCUT2D eigenvalue weighted by Crippen LogP contribution is -2.60. The first-order chi connectivity index (χ1) is 11.6. The molecule has 0 aromatic rings. The number of fused-ring (bicyclic) bond motifs is 5. The maximum absolute atomic E-state index is 13.3. The number of hydrogen-bond donors (Lipinski definition) is 3. The van der Waals surface area contributed by atoms with Gasteiger partial charge in [0.2, 0.25) is 0 Å². The van der Waals surface area contributed by atoms with Gasteiger partial charge in [0.25, 0.3) is 0 Å². The molecule has 0 saturated heterocycles. The molecule has 4 aliphatic carbocycles. The van der Waals surface area contributed by atoms with Crippen LogP contribution in [-0.4, -0.2) is 38.9 Å². The van der Waals surface area contributed by atoms with Crippen LogP contribution in [0.25, 0.3) is 0 Å². The van der Waals surface area contributed by atoms with Crippen molar-refractivity contribution in [2.75, 3.05) is 0 Å². The topological polar surface area (TPSA) is 77.8 Å². The van der Waals surface area contributed by atoms with Crippen LogP contribution in [0.5, 0.6) is 0 Å². The summed E-state index contributed by atoms with van der Waals surface area (Å²) in [4.78, 5) is 13.3. The molecule has 3 saturated carbocycles. The molecule has 0 heterocycles. The summed E-state index contributed by atoms with van der Waals surface area (Å²) in [5, 5.41) is 31.5. The highest BCUT2D eigenvalue weighted by Gasteiger charge is 2.67. The summed E-state index contributed by atoms with van der Waals surface area (Å²) in [7, 11) is 0. The molecule has 0 amide bonds. The second-order valence-electron chi connectivity index (χ2n) is 9.73. The fourth-order valence-corrected chi connectivity index (χ4v) is 7.19. The van der Waals surface area contributed by atoms with Gasteiger partial charge in [0, 0.05) is 17.8 Å². The third kappa shape index (κ3) is 2.14. The zero-order valence-electron chi connectivity index (χ0n) is 15.7. The largest absolute Gasteiger partial charge is 0.393 e. The van der Waals surface area contributed by atoms with E-state index in [1.54, 1.807) is 6.92 Å². The molecule has 3 fully saturated rings. The minimum atomic E-state index is -1.16. The summed E-state index contributed by atoms with van der Waals surface area (Å²) >= 11 is 0. The number of Topliss-reactive ketones (excluding diaryl/α,β-unsaturated/α-hetero) is 1. The summed E-state index contributed by atoms with van der Waals surface area (Å²) in [6, 6.07) is 0. The lowest BCUT2D eigenvalue weighted by Gasteiger charge is -2.58. The van der Waals surface area contributed by atoms with Gasteiger partial charge in [0.1, 0.15) is 5.78 Å². The van der Waals surface area contributed by atoms with Gasteiger partial charge in [0.05, 0.1) is 17.8 Å². The third-order valence-corrected chi connectivity index (χ3v) is 8.68. The predicted octanol–water partition coefficient (Wildman–Crippen LogP) is 2.60. The van der Waals surface area contributed by atoms with E-state index >= 15 is 0 Å². The lowest BCUT2D eigenvalue weighted by molar-refractivity contribution is -0.177. The van der Waals surface area contributed by atoms with Gasteiger partial charge in [0.15, 0.2) is 0 Å². The van der Waals surface area contributed by atoms with Crippen LogP contribution in [0, 0.1) is 28.6 Å². The van der Waals surface area contributed by atoms with Gasteiger partial charge < -0.3 is 15.3 Å². The first-order valence-electron chi connectivity index (χ1n) is 9.94. The molecule has 4 heteroatoms. The monoisotopic (exact) mass is 348 g/mol. The Morgan fingerprint density at radius 1 is 1.24 bits per heavy atom. The van der Waals surface area contributed by atoms with Crippen LogP contribution in [0.15, 0.2) is 11.6 Å². The van der Waals surface area contributed by atoms with Crippen LogP contribution in [0.3, 0.4) is 0 Å². The summed E-state index contributed by atoms with van der Waals surface area (Å²) < 4.78 is 0. The van der Waals surface area contributed by atoms with Gasteiger partial charge >= 0.3 is 0 Å². The smallest absolute Gasteiger partial charge is 0.137 e. The Balaban J connectivity index is 1.75. The Hall–Kier alpha value is -0.710. The molecule has 0 unspecified atom stereocenters. The van der Waals surface area contributed by atoms with Crippen molar-refractivity contribution in [3.05, 3.63) is 11.6 Å². The summed E-state index contributed by atoms with van der Waals surface area (Å²) in [5.41, 5.74) is -0.555. The van der Waals surface area contributed by atoms with Gasteiger partial charge in [-0.05, 0) is 62.7 Å². The van der Waals surface area contributed by atoms with Crippen LogP contribution in [0.2, 0.25) is 0 Å². The summed E-state index contributed by atoms with van der Waals surface area (Å²) in [5.74, 6) is 0.794. The van der Waals surface area contributed by atoms with Crippen molar-refractivity contribution in [3.8, 4) is 0 Å². The maximum Gasteiger partial charge on any atom is 0.137 e.